The first kappa shape index (κ1) is 13.8. The van der Waals surface area contributed by atoms with Crippen LogP contribution in [-0.4, -0.2) is 34.7 Å². The highest BCUT2D eigenvalue weighted by molar-refractivity contribution is 5.87. The molecule has 104 valence electrons. The van der Waals surface area contributed by atoms with Crippen molar-refractivity contribution >= 4 is 11.8 Å². The van der Waals surface area contributed by atoms with Crippen molar-refractivity contribution in [3.63, 3.8) is 0 Å². The van der Waals surface area contributed by atoms with Crippen LogP contribution >= 0.6 is 0 Å². The number of hydrogen-bond donors (Lipinski definition) is 2. The van der Waals surface area contributed by atoms with Gasteiger partial charge >= 0.3 is 5.97 Å². The fraction of sp³-hybridized carbons (Fsp3) is 0.214. The number of carboxylic acid groups (broad SMARTS) is 1. The second kappa shape index (κ2) is 6.01. The van der Waals surface area contributed by atoms with E-state index in [1.807, 2.05) is 19.1 Å². The summed E-state index contributed by atoms with van der Waals surface area (Å²) in [6.07, 6.45) is 0. The molecule has 0 unspecified atom stereocenters. The van der Waals surface area contributed by atoms with E-state index < -0.39 is 5.97 Å². The minimum absolute atomic E-state index is 0.0642. The number of hydrogen-bond acceptors (Lipinski definition) is 5. The van der Waals surface area contributed by atoms with Gasteiger partial charge in [-0.2, -0.15) is 0 Å². The molecule has 1 aromatic heterocycles. The number of rotatable bonds is 5. The van der Waals surface area contributed by atoms with Crippen LogP contribution < -0.4 is 10.1 Å². The summed E-state index contributed by atoms with van der Waals surface area (Å²) in [5.74, 6) is 0.288. The third-order valence-electron chi connectivity index (χ3n) is 2.63. The topological polar surface area (TPSA) is 84.3 Å². The largest absolute Gasteiger partial charge is 0.493 e. The van der Waals surface area contributed by atoms with Gasteiger partial charge in [0.15, 0.2) is 11.5 Å². The second-order valence-electron chi connectivity index (χ2n) is 3.95. The molecule has 0 saturated heterocycles. The van der Waals surface area contributed by atoms with Gasteiger partial charge in [-0.3, -0.25) is 0 Å². The van der Waals surface area contributed by atoms with Crippen molar-refractivity contribution in [1.82, 2.24) is 9.97 Å². The van der Waals surface area contributed by atoms with Crippen molar-refractivity contribution in [3.8, 4) is 17.1 Å². The highest BCUT2D eigenvalue weighted by Crippen LogP contribution is 2.28. The SMILES string of the molecule is CCOc1ccccc1-c1nc(NC)cc(C(=O)O)n1. The molecule has 0 aliphatic heterocycles. The van der Waals surface area contributed by atoms with Crippen molar-refractivity contribution in [2.24, 2.45) is 0 Å². The fourth-order valence-corrected chi connectivity index (χ4v) is 1.74. The summed E-state index contributed by atoms with van der Waals surface area (Å²) in [6, 6.07) is 8.65. The number of benzene rings is 1. The molecular weight excluding hydrogens is 258 g/mol. The molecule has 2 aromatic rings. The highest BCUT2D eigenvalue weighted by Gasteiger charge is 2.14. The van der Waals surface area contributed by atoms with E-state index in [1.165, 1.54) is 6.07 Å². The summed E-state index contributed by atoms with van der Waals surface area (Å²) in [6.45, 7) is 2.39. The summed E-state index contributed by atoms with van der Waals surface area (Å²) in [5, 5.41) is 11.9. The van der Waals surface area contributed by atoms with Gasteiger partial charge in [0.2, 0.25) is 0 Å². The molecule has 0 atom stereocenters. The maximum absolute atomic E-state index is 11.1. The molecule has 20 heavy (non-hydrogen) atoms. The van der Waals surface area contributed by atoms with Crippen LogP contribution in [0.3, 0.4) is 0 Å². The number of anilines is 1. The number of para-hydroxylation sites is 1. The predicted molar refractivity (Wildman–Crippen MR) is 75.1 cm³/mol. The number of aromatic carboxylic acids is 1. The molecule has 0 aliphatic rings. The van der Waals surface area contributed by atoms with Crippen LogP contribution in [0.2, 0.25) is 0 Å². The van der Waals surface area contributed by atoms with Gasteiger partial charge in [-0.1, -0.05) is 12.1 Å². The lowest BCUT2D eigenvalue weighted by Crippen LogP contribution is -2.06. The van der Waals surface area contributed by atoms with E-state index in [0.717, 1.165) is 0 Å². The third kappa shape index (κ3) is 2.85. The summed E-state index contributed by atoms with van der Waals surface area (Å²) < 4.78 is 5.52. The maximum Gasteiger partial charge on any atom is 0.354 e. The van der Waals surface area contributed by atoms with E-state index in [1.54, 1.807) is 19.2 Å². The molecule has 6 heteroatoms. The van der Waals surface area contributed by atoms with Crippen LogP contribution in [0.15, 0.2) is 30.3 Å². The first-order chi connectivity index (χ1) is 9.65. The third-order valence-corrected chi connectivity index (χ3v) is 2.63. The number of ether oxygens (including phenoxy) is 1. The second-order valence-corrected chi connectivity index (χ2v) is 3.95. The van der Waals surface area contributed by atoms with Gasteiger partial charge in [-0.15, -0.1) is 0 Å². The van der Waals surface area contributed by atoms with E-state index in [2.05, 4.69) is 15.3 Å². The zero-order valence-corrected chi connectivity index (χ0v) is 11.3. The molecule has 0 fully saturated rings. The molecule has 0 radical (unpaired) electrons. The Morgan fingerprint density at radius 2 is 2.10 bits per heavy atom. The van der Waals surface area contributed by atoms with Crippen LogP contribution in [0.1, 0.15) is 17.4 Å². The lowest BCUT2D eigenvalue weighted by molar-refractivity contribution is 0.0690. The first-order valence-corrected chi connectivity index (χ1v) is 6.18. The first-order valence-electron chi connectivity index (χ1n) is 6.18. The Labute approximate surface area is 116 Å². The van der Waals surface area contributed by atoms with Gasteiger partial charge in [0.05, 0.1) is 12.2 Å². The van der Waals surface area contributed by atoms with Crippen LogP contribution in [0.4, 0.5) is 5.82 Å². The minimum Gasteiger partial charge on any atom is -0.493 e. The molecule has 0 bridgehead atoms. The predicted octanol–water partition coefficient (Wildman–Crippen LogP) is 2.28. The zero-order valence-electron chi connectivity index (χ0n) is 11.3. The lowest BCUT2D eigenvalue weighted by Gasteiger charge is -2.10. The monoisotopic (exact) mass is 273 g/mol. The maximum atomic E-state index is 11.1. The number of carboxylic acids is 1. The Morgan fingerprint density at radius 3 is 2.75 bits per heavy atom. The van der Waals surface area contributed by atoms with Gasteiger partial charge in [-0.05, 0) is 19.1 Å². The van der Waals surface area contributed by atoms with Crippen LogP contribution in [-0.2, 0) is 0 Å². The van der Waals surface area contributed by atoms with Crippen molar-refractivity contribution in [2.45, 2.75) is 6.92 Å². The molecule has 1 heterocycles. The van der Waals surface area contributed by atoms with Gasteiger partial charge in [0, 0.05) is 13.1 Å². The van der Waals surface area contributed by atoms with Crippen molar-refractivity contribution < 1.29 is 14.6 Å². The van der Waals surface area contributed by atoms with Gasteiger partial charge in [-0.25, -0.2) is 14.8 Å². The van der Waals surface area contributed by atoms with E-state index in [-0.39, 0.29) is 5.69 Å². The Balaban J connectivity index is 2.57. The fourth-order valence-electron chi connectivity index (χ4n) is 1.74. The quantitative estimate of drug-likeness (QED) is 0.869. The zero-order chi connectivity index (χ0) is 14.5. The van der Waals surface area contributed by atoms with E-state index in [0.29, 0.717) is 29.6 Å². The Bertz CT molecular complexity index is 629. The van der Waals surface area contributed by atoms with E-state index >= 15 is 0 Å². The Hall–Kier alpha value is -2.63. The molecule has 0 aliphatic carbocycles. The number of nitrogens with one attached hydrogen (secondary N) is 1. The standard InChI is InChI=1S/C14H15N3O3/c1-3-20-11-7-5-4-6-9(11)13-16-10(14(18)19)8-12(15-2)17-13/h4-8H,3H2,1-2H3,(H,18,19)(H,15,16,17). The van der Waals surface area contributed by atoms with E-state index in [9.17, 15) is 4.79 Å². The van der Waals surface area contributed by atoms with Gasteiger partial charge in [0.25, 0.3) is 0 Å². The van der Waals surface area contributed by atoms with Gasteiger partial charge in [0.1, 0.15) is 11.6 Å². The summed E-state index contributed by atoms with van der Waals surface area (Å²) in [5.41, 5.74) is 0.597. The number of nitrogens with zero attached hydrogens (tertiary/aromatic N) is 2. The molecular formula is C14H15N3O3. The van der Waals surface area contributed by atoms with Crippen LogP contribution in [0.25, 0.3) is 11.4 Å². The summed E-state index contributed by atoms with van der Waals surface area (Å²) >= 11 is 0. The summed E-state index contributed by atoms with van der Waals surface area (Å²) in [4.78, 5) is 19.5. The Kier molecular flexibility index (Phi) is 4.14. The van der Waals surface area contributed by atoms with Crippen molar-refractivity contribution in [1.29, 1.82) is 0 Å². The molecule has 0 spiro atoms. The van der Waals surface area contributed by atoms with Crippen molar-refractivity contribution in [2.75, 3.05) is 19.0 Å². The molecule has 2 N–H and O–H groups in total. The van der Waals surface area contributed by atoms with Crippen molar-refractivity contribution in [3.05, 3.63) is 36.0 Å². The molecule has 0 amide bonds. The molecule has 0 saturated carbocycles. The molecule has 2 rings (SSSR count). The summed E-state index contributed by atoms with van der Waals surface area (Å²) in [7, 11) is 1.67. The average Bonchev–Trinajstić information content (AvgIpc) is 2.47. The Morgan fingerprint density at radius 1 is 1.35 bits per heavy atom. The number of carbonyl (C=O) groups is 1. The highest BCUT2D eigenvalue weighted by atomic mass is 16.5. The molecule has 1 aromatic carbocycles. The molecule has 6 nitrogen and oxygen atoms in total. The van der Waals surface area contributed by atoms with Crippen LogP contribution in [0.5, 0.6) is 5.75 Å². The number of aromatic nitrogens is 2. The average molecular weight is 273 g/mol. The van der Waals surface area contributed by atoms with Gasteiger partial charge < -0.3 is 15.2 Å². The normalized spacial score (nSPS) is 10.1. The van der Waals surface area contributed by atoms with E-state index in [4.69, 9.17) is 9.84 Å². The minimum atomic E-state index is -1.10. The van der Waals surface area contributed by atoms with Crippen LogP contribution in [0, 0.1) is 0 Å². The lowest BCUT2D eigenvalue weighted by atomic mass is 10.2. The smallest absolute Gasteiger partial charge is 0.354 e.